The number of aromatic nitrogens is 1. The summed E-state index contributed by atoms with van der Waals surface area (Å²) in [5, 5.41) is 8.99. The molecule has 0 aliphatic carbocycles. The summed E-state index contributed by atoms with van der Waals surface area (Å²) >= 11 is 5.61. The number of rotatable bonds is 5. The van der Waals surface area contributed by atoms with Crippen molar-refractivity contribution in [3.05, 3.63) is 47.4 Å². The Morgan fingerprint density at radius 3 is 2.67 bits per heavy atom. The predicted molar refractivity (Wildman–Crippen MR) is 73.4 cm³/mol. The molecule has 2 rings (SSSR count). The summed E-state index contributed by atoms with van der Waals surface area (Å²) in [5.41, 5.74) is 0. The van der Waals surface area contributed by atoms with Gasteiger partial charge in [0.2, 0.25) is 0 Å². The van der Waals surface area contributed by atoms with Gasteiger partial charge in [-0.1, -0.05) is 23.7 Å². The molecule has 0 bridgehead atoms. The summed E-state index contributed by atoms with van der Waals surface area (Å²) in [6, 6.07) is 7.37. The third-order valence-electron chi connectivity index (χ3n) is 2.48. The van der Waals surface area contributed by atoms with E-state index in [0.29, 0.717) is 0 Å². The minimum absolute atomic E-state index is 0.142. The number of carbonyl (C=O) groups is 1. The third-order valence-corrected chi connectivity index (χ3v) is 2.69. The van der Waals surface area contributed by atoms with E-state index in [1.807, 2.05) is 0 Å². The maximum Gasteiger partial charge on any atom is 0.344 e. The second-order valence-corrected chi connectivity index (χ2v) is 4.52. The monoisotopic (exact) mass is 311 g/mol. The lowest BCUT2D eigenvalue weighted by Gasteiger charge is -2.14. The molecular formula is C14H11ClFNO4. The normalized spacial score (nSPS) is 11.8. The highest BCUT2D eigenvalue weighted by atomic mass is 35.5. The molecule has 110 valence electrons. The van der Waals surface area contributed by atoms with Gasteiger partial charge in [-0.3, -0.25) is 0 Å². The fraction of sp³-hybridized carbons (Fsp3) is 0.143. The van der Waals surface area contributed by atoms with Gasteiger partial charge in [-0.25, -0.2) is 14.2 Å². The third kappa shape index (κ3) is 3.82. The first-order valence-corrected chi connectivity index (χ1v) is 6.32. The number of halogens is 2. The second kappa shape index (κ2) is 6.41. The number of aliphatic carboxylic acids is 1. The van der Waals surface area contributed by atoms with Crippen molar-refractivity contribution in [3.8, 4) is 17.4 Å². The van der Waals surface area contributed by atoms with Gasteiger partial charge in [-0.15, -0.1) is 0 Å². The lowest BCUT2D eigenvalue weighted by molar-refractivity contribution is -0.144. The Morgan fingerprint density at radius 1 is 1.38 bits per heavy atom. The van der Waals surface area contributed by atoms with Gasteiger partial charge in [0.05, 0.1) is 5.02 Å². The Kier molecular flexibility index (Phi) is 4.59. The van der Waals surface area contributed by atoms with Gasteiger partial charge in [0.15, 0.2) is 23.4 Å². The molecule has 1 atom stereocenters. The van der Waals surface area contributed by atoms with Crippen molar-refractivity contribution >= 4 is 17.6 Å². The van der Waals surface area contributed by atoms with E-state index < -0.39 is 17.9 Å². The number of carboxylic acid groups (broad SMARTS) is 1. The largest absolute Gasteiger partial charge is 0.479 e. The summed E-state index contributed by atoms with van der Waals surface area (Å²) in [4.78, 5) is 14.5. The minimum Gasteiger partial charge on any atom is -0.479 e. The maximum atomic E-state index is 13.7. The second-order valence-electron chi connectivity index (χ2n) is 4.09. The Labute approximate surface area is 124 Å². The van der Waals surface area contributed by atoms with Crippen LogP contribution in [0.2, 0.25) is 5.02 Å². The van der Waals surface area contributed by atoms with Gasteiger partial charge in [0, 0.05) is 6.20 Å². The van der Waals surface area contributed by atoms with Gasteiger partial charge < -0.3 is 14.6 Å². The van der Waals surface area contributed by atoms with Crippen LogP contribution < -0.4 is 9.47 Å². The Morgan fingerprint density at radius 2 is 2.05 bits per heavy atom. The molecule has 2 aromatic rings. The maximum absolute atomic E-state index is 13.7. The van der Waals surface area contributed by atoms with Crippen molar-refractivity contribution < 1.29 is 23.8 Å². The van der Waals surface area contributed by atoms with E-state index in [2.05, 4.69) is 4.98 Å². The van der Waals surface area contributed by atoms with E-state index in [-0.39, 0.29) is 22.4 Å². The van der Waals surface area contributed by atoms with Crippen LogP contribution in [-0.2, 0) is 4.79 Å². The number of pyridine rings is 1. The van der Waals surface area contributed by atoms with Crippen LogP contribution in [0.25, 0.3) is 0 Å². The zero-order valence-corrected chi connectivity index (χ0v) is 11.7. The molecule has 0 fully saturated rings. The highest BCUT2D eigenvalue weighted by Crippen LogP contribution is 2.32. The molecule has 7 heteroatoms. The fourth-order valence-corrected chi connectivity index (χ4v) is 1.60. The Hall–Kier alpha value is -2.34. The van der Waals surface area contributed by atoms with Crippen molar-refractivity contribution in [2.24, 2.45) is 0 Å². The van der Waals surface area contributed by atoms with Crippen molar-refractivity contribution in [3.63, 3.8) is 0 Å². The number of hydrogen-bond acceptors (Lipinski definition) is 4. The smallest absolute Gasteiger partial charge is 0.344 e. The zero-order chi connectivity index (χ0) is 15.4. The number of benzene rings is 1. The molecule has 0 saturated heterocycles. The van der Waals surface area contributed by atoms with Crippen molar-refractivity contribution in [1.82, 2.24) is 4.98 Å². The molecule has 1 aromatic heterocycles. The zero-order valence-electron chi connectivity index (χ0n) is 10.9. The van der Waals surface area contributed by atoms with Gasteiger partial charge in [0.1, 0.15) is 0 Å². The first kappa shape index (κ1) is 15.1. The molecule has 5 nitrogen and oxygen atoms in total. The molecule has 0 saturated carbocycles. The SMILES string of the molecule is CC(Oc1ccccc1Oc1ncc(Cl)cc1F)C(=O)O. The molecule has 21 heavy (non-hydrogen) atoms. The molecule has 1 N–H and O–H groups in total. The van der Waals surface area contributed by atoms with Gasteiger partial charge >= 0.3 is 5.97 Å². The quantitative estimate of drug-likeness (QED) is 0.915. The number of hydrogen-bond donors (Lipinski definition) is 1. The van der Waals surface area contributed by atoms with E-state index in [9.17, 15) is 9.18 Å². The van der Waals surface area contributed by atoms with E-state index in [0.717, 1.165) is 6.07 Å². The van der Waals surface area contributed by atoms with Crippen LogP contribution in [0, 0.1) is 5.82 Å². The summed E-state index contributed by atoms with van der Waals surface area (Å²) < 4.78 is 24.2. The highest BCUT2D eigenvalue weighted by molar-refractivity contribution is 6.30. The summed E-state index contributed by atoms with van der Waals surface area (Å²) in [5.74, 6) is -1.81. The lowest BCUT2D eigenvalue weighted by atomic mass is 10.3. The molecule has 1 aromatic carbocycles. The Balaban J connectivity index is 2.26. The summed E-state index contributed by atoms with van der Waals surface area (Å²) in [7, 11) is 0. The summed E-state index contributed by atoms with van der Waals surface area (Å²) in [6.45, 7) is 1.38. The van der Waals surface area contributed by atoms with Crippen LogP contribution >= 0.6 is 11.6 Å². The standard InChI is InChI=1S/C14H11ClFNO4/c1-8(14(18)19)20-11-4-2-3-5-12(11)21-13-10(16)6-9(15)7-17-13/h2-8H,1H3,(H,18,19). The van der Waals surface area contributed by atoms with Gasteiger partial charge in [-0.2, -0.15) is 0 Å². The molecule has 0 radical (unpaired) electrons. The molecule has 0 amide bonds. The Bertz CT molecular complexity index is 665. The molecule has 1 unspecified atom stereocenters. The van der Waals surface area contributed by atoms with Crippen LogP contribution in [-0.4, -0.2) is 22.2 Å². The van der Waals surface area contributed by atoms with E-state index in [1.54, 1.807) is 12.1 Å². The molecule has 0 aliphatic rings. The first-order chi connectivity index (χ1) is 9.97. The number of para-hydroxylation sites is 2. The molecular weight excluding hydrogens is 301 g/mol. The first-order valence-electron chi connectivity index (χ1n) is 5.94. The van der Waals surface area contributed by atoms with Crippen molar-refractivity contribution in [2.45, 2.75) is 13.0 Å². The van der Waals surface area contributed by atoms with Crippen molar-refractivity contribution in [2.75, 3.05) is 0 Å². The molecule has 0 spiro atoms. The van der Waals surface area contributed by atoms with Crippen LogP contribution in [0.3, 0.4) is 0 Å². The number of carboxylic acids is 1. The predicted octanol–water partition coefficient (Wildman–Crippen LogP) is 3.52. The number of nitrogens with zero attached hydrogens (tertiary/aromatic N) is 1. The van der Waals surface area contributed by atoms with E-state index >= 15 is 0 Å². The molecule has 1 heterocycles. The van der Waals surface area contributed by atoms with Crippen LogP contribution in [0.4, 0.5) is 4.39 Å². The lowest BCUT2D eigenvalue weighted by Crippen LogP contribution is -2.23. The van der Waals surface area contributed by atoms with Crippen molar-refractivity contribution in [1.29, 1.82) is 0 Å². The number of ether oxygens (including phenoxy) is 2. The fourth-order valence-electron chi connectivity index (χ4n) is 1.45. The molecule has 0 aliphatic heterocycles. The van der Waals surface area contributed by atoms with E-state index in [4.69, 9.17) is 26.2 Å². The summed E-state index contributed by atoms with van der Waals surface area (Å²) in [6.07, 6.45) is 0.168. The highest BCUT2D eigenvalue weighted by Gasteiger charge is 2.16. The van der Waals surface area contributed by atoms with Crippen LogP contribution in [0.15, 0.2) is 36.5 Å². The van der Waals surface area contributed by atoms with Gasteiger partial charge in [-0.05, 0) is 25.1 Å². The average molecular weight is 312 g/mol. The topological polar surface area (TPSA) is 68.7 Å². The van der Waals surface area contributed by atoms with Crippen LogP contribution in [0.1, 0.15) is 6.92 Å². The van der Waals surface area contributed by atoms with Gasteiger partial charge in [0.25, 0.3) is 5.88 Å². The van der Waals surface area contributed by atoms with E-state index in [1.165, 1.54) is 25.3 Å². The van der Waals surface area contributed by atoms with Crippen LogP contribution in [0.5, 0.6) is 17.4 Å². The average Bonchev–Trinajstić information content (AvgIpc) is 2.43. The minimum atomic E-state index is -1.12.